The Bertz CT molecular complexity index is 177. The normalized spacial score (nSPS) is 19.4. The first kappa shape index (κ1) is 15.2. The Labute approximate surface area is 110 Å². The average molecular weight is 261 g/mol. The molecule has 5 heteroatoms. The summed E-state index contributed by atoms with van der Waals surface area (Å²) in [6.07, 6.45) is 2.18. The number of methoxy groups -OCH3 is 1. The third-order valence-corrected chi connectivity index (χ3v) is 4.03. The highest BCUT2D eigenvalue weighted by Gasteiger charge is 2.11. The highest BCUT2D eigenvalue weighted by atomic mass is 32.2. The van der Waals surface area contributed by atoms with E-state index in [1.54, 1.807) is 7.11 Å². The zero-order chi connectivity index (χ0) is 12.3. The van der Waals surface area contributed by atoms with E-state index < -0.39 is 0 Å². The van der Waals surface area contributed by atoms with Crippen molar-refractivity contribution in [3.63, 3.8) is 0 Å². The van der Waals surface area contributed by atoms with E-state index in [0.29, 0.717) is 6.04 Å². The monoisotopic (exact) mass is 261 g/mol. The molecule has 3 N–H and O–H groups in total. The molecule has 102 valence electrons. The summed E-state index contributed by atoms with van der Waals surface area (Å²) in [7, 11) is 1.76. The molecule has 1 aliphatic heterocycles. The van der Waals surface area contributed by atoms with E-state index in [9.17, 15) is 0 Å². The van der Waals surface area contributed by atoms with E-state index in [2.05, 4.69) is 22.0 Å². The number of ether oxygens (including phenoxy) is 1. The molecule has 1 heterocycles. The third kappa shape index (κ3) is 7.26. The highest BCUT2D eigenvalue weighted by molar-refractivity contribution is 7.99. The Kier molecular flexibility index (Phi) is 9.10. The van der Waals surface area contributed by atoms with E-state index in [4.69, 9.17) is 10.5 Å². The lowest BCUT2D eigenvalue weighted by molar-refractivity contribution is 0.159. The molecule has 1 unspecified atom stereocenters. The van der Waals surface area contributed by atoms with Gasteiger partial charge in [-0.15, -0.1) is 0 Å². The van der Waals surface area contributed by atoms with Crippen molar-refractivity contribution < 1.29 is 4.74 Å². The summed E-state index contributed by atoms with van der Waals surface area (Å²) in [5, 5.41) is 3.57. The second kappa shape index (κ2) is 10.1. The molecule has 1 aliphatic rings. The maximum Gasteiger partial charge on any atom is 0.0615 e. The minimum absolute atomic E-state index is 0.461. The molecule has 0 aromatic carbocycles. The van der Waals surface area contributed by atoms with Crippen LogP contribution in [0.25, 0.3) is 0 Å². The van der Waals surface area contributed by atoms with Crippen molar-refractivity contribution in [1.82, 2.24) is 10.2 Å². The summed E-state index contributed by atoms with van der Waals surface area (Å²) in [5.74, 6) is 2.57. The van der Waals surface area contributed by atoms with Crippen molar-refractivity contribution >= 4 is 11.8 Å². The lowest BCUT2D eigenvalue weighted by Crippen LogP contribution is -2.42. The Balaban J connectivity index is 2.07. The number of nitrogens with one attached hydrogen (secondary N) is 1. The van der Waals surface area contributed by atoms with Crippen LogP contribution in [-0.4, -0.2) is 68.9 Å². The standard InChI is InChI=1S/C12H27N3OS/c1-16-11-12(3-2-4-13)14-5-6-15-7-9-17-10-8-15/h12,14H,2-11,13H2,1H3. The van der Waals surface area contributed by atoms with Gasteiger partial charge in [-0.05, 0) is 19.4 Å². The molecule has 1 saturated heterocycles. The fourth-order valence-corrected chi connectivity index (χ4v) is 3.04. The molecule has 0 saturated carbocycles. The van der Waals surface area contributed by atoms with E-state index in [1.807, 2.05) is 0 Å². The zero-order valence-corrected chi connectivity index (χ0v) is 11.8. The van der Waals surface area contributed by atoms with Crippen molar-refractivity contribution in [1.29, 1.82) is 0 Å². The molecule has 0 aliphatic carbocycles. The number of thioether (sulfide) groups is 1. The fourth-order valence-electron chi connectivity index (χ4n) is 2.06. The van der Waals surface area contributed by atoms with E-state index >= 15 is 0 Å². The van der Waals surface area contributed by atoms with Crippen molar-refractivity contribution in [2.75, 3.05) is 57.9 Å². The first-order chi connectivity index (χ1) is 8.36. The van der Waals surface area contributed by atoms with Crippen molar-refractivity contribution in [2.45, 2.75) is 18.9 Å². The summed E-state index contributed by atoms with van der Waals surface area (Å²) in [4.78, 5) is 2.54. The zero-order valence-electron chi connectivity index (χ0n) is 11.0. The molecule has 0 aromatic rings. The lowest BCUT2D eigenvalue weighted by Gasteiger charge is -2.27. The number of hydrogen-bond donors (Lipinski definition) is 2. The lowest BCUT2D eigenvalue weighted by atomic mass is 10.1. The molecular weight excluding hydrogens is 234 g/mol. The Hall–Kier alpha value is 0.190. The summed E-state index contributed by atoms with van der Waals surface area (Å²) >= 11 is 2.06. The van der Waals surface area contributed by atoms with Crippen molar-refractivity contribution in [3.8, 4) is 0 Å². The van der Waals surface area contributed by atoms with Gasteiger partial charge in [0.25, 0.3) is 0 Å². The van der Waals surface area contributed by atoms with Crippen LogP contribution in [0.2, 0.25) is 0 Å². The topological polar surface area (TPSA) is 50.5 Å². The van der Waals surface area contributed by atoms with Gasteiger partial charge in [0.05, 0.1) is 6.61 Å². The summed E-state index contributed by atoms with van der Waals surface area (Å²) in [6, 6.07) is 0.461. The molecule has 1 fully saturated rings. The SMILES string of the molecule is COCC(CCCN)NCCN1CCSCC1. The van der Waals surface area contributed by atoms with Crippen LogP contribution in [0.5, 0.6) is 0 Å². The molecule has 17 heavy (non-hydrogen) atoms. The molecule has 0 amide bonds. The van der Waals surface area contributed by atoms with Gasteiger partial charge in [0.2, 0.25) is 0 Å². The van der Waals surface area contributed by atoms with Gasteiger partial charge in [-0.3, -0.25) is 0 Å². The van der Waals surface area contributed by atoms with Crippen molar-refractivity contribution in [3.05, 3.63) is 0 Å². The Morgan fingerprint density at radius 3 is 2.82 bits per heavy atom. The fraction of sp³-hybridized carbons (Fsp3) is 1.00. The van der Waals surface area contributed by atoms with E-state index in [1.165, 1.54) is 24.6 Å². The summed E-state index contributed by atoms with van der Waals surface area (Å²) in [5.41, 5.74) is 5.54. The predicted molar refractivity (Wildman–Crippen MR) is 75.7 cm³/mol. The summed E-state index contributed by atoms with van der Waals surface area (Å²) in [6.45, 7) is 6.25. The van der Waals surface area contributed by atoms with Crippen LogP contribution in [0, 0.1) is 0 Å². The van der Waals surface area contributed by atoms with Gasteiger partial charge in [-0.2, -0.15) is 11.8 Å². The second-order valence-corrected chi connectivity index (χ2v) is 5.72. The van der Waals surface area contributed by atoms with E-state index in [-0.39, 0.29) is 0 Å². The van der Waals surface area contributed by atoms with Crippen LogP contribution in [0.1, 0.15) is 12.8 Å². The predicted octanol–water partition coefficient (Wildman–Crippen LogP) is 0.379. The van der Waals surface area contributed by atoms with Gasteiger partial charge in [0.15, 0.2) is 0 Å². The number of nitrogens with zero attached hydrogens (tertiary/aromatic N) is 1. The maximum atomic E-state index is 5.54. The van der Waals surface area contributed by atoms with Crippen LogP contribution in [-0.2, 0) is 4.74 Å². The van der Waals surface area contributed by atoms with Gasteiger partial charge in [0.1, 0.15) is 0 Å². The molecule has 0 bridgehead atoms. The van der Waals surface area contributed by atoms with Gasteiger partial charge >= 0.3 is 0 Å². The average Bonchev–Trinajstić information content (AvgIpc) is 2.37. The minimum atomic E-state index is 0.461. The van der Waals surface area contributed by atoms with Crippen LogP contribution in [0.15, 0.2) is 0 Å². The Morgan fingerprint density at radius 1 is 1.41 bits per heavy atom. The van der Waals surface area contributed by atoms with Crippen LogP contribution in [0.3, 0.4) is 0 Å². The first-order valence-electron chi connectivity index (χ1n) is 6.59. The van der Waals surface area contributed by atoms with Gasteiger partial charge < -0.3 is 20.7 Å². The third-order valence-electron chi connectivity index (χ3n) is 3.09. The quantitative estimate of drug-likeness (QED) is 0.628. The van der Waals surface area contributed by atoms with Crippen LogP contribution < -0.4 is 11.1 Å². The molecule has 4 nitrogen and oxygen atoms in total. The Morgan fingerprint density at radius 2 is 2.18 bits per heavy atom. The molecule has 1 atom stereocenters. The minimum Gasteiger partial charge on any atom is -0.383 e. The first-order valence-corrected chi connectivity index (χ1v) is 7.74. The molecule has 0 spiro atoms. The summed E-state index contributed by atoms with van der Waals surface area (Å²) < 4.78 is 5.22. The van der Waals surface area contributed by atoms with E-state index in [0.717, 1.165) is 39.1 Å². The number of rotatable bonds is 9. The molecular formula is C12H27N3OS. The smallest absolute Gasteiger partial charge is 0.0615 e. The van der Waals surface area contributed by atoms with Gasteiger partial charge in [-0.1, -0.05) is 0 Å². The maximum absolute atomic E-state index is 5.54. The second-order valence-electron chi connectivity index (χ2n) is 4.49. The van der Waals surface area contributed by atoms with Gasteiger partial charge in [-0.25, -0.2) is 0 Å². The molecule has 0 radical (unpaired) electrons. The van der Waals surface area contributed by atoms with Gasteiger partial charge in [0, 0.05) is 50.8 Å². The molecule has 0 aromatic heterocycles. The molecule has 1 rings (SSSR count). The number of nitrogens with two attached hydrogens (primary N) is 1. The highest BCUT2D eigenvalue weighted by Crippen LogP contribution is 2.08. The van der Waals surface area contributed by atoms with Crippen molar-refractivity contribution in [2.24, 2.45) is 5.73 Å². The van der Waals surface area contributed by atoms with Crippen LogP contribution >= 0.6 is 11.8 Å². The number of hydrogen-bond acceptors (Lipinski definition) is 5. The largest absolute Gasteiger partial charge is 0.383 e. The van der Waals surface area contributed by atoms with Crippen LogP contribution in [0.4, 0.5) is 0 Å².